The van der Waals surface area contributed by atoms with E-state index >= 15 is 0 Å². The number of nitrogens with two attached hydrogens (primary N) is 1. The molecule has 0 unspecified atom stereocenters. The van der Waals surface area contributed by atoms with Gasteiger partial charge >= 0.3 is 15.2 Å². The second-order valence-corrected chi connectivity index (χ2v) is 12.4. The van der Waals surface area contributed by atoms with Gasteiger partial charge in [0.1, 0.15) is 17.9 Å². The van der Waals surface area contributed by atoms with E-state index in [2.05, 4.69) is 15.3 Å². The van der Waals surface area contributed by atoms with E-state index in [1.807, 2.05) is 30.5 Å². The van der Waals surface area contributed by atoms with Crippen molar-refractivity contribution in [2.75, 3.05) is 12.8 Å². The molecule has 15 heteroatoms. The van der Waals surface area contributed by atoms with Crippen molar-refractivity contribution in [2.24, 2.45) is 0 Å². The maximum atomic E-state index is 13.1. The van der Waals surface area contributed by atoms with E-state index < -0.39 is 31.7 Å². The zero-order chi connectivity index (χ0) is 30.2. The maximum Gasteiger partial charge on any atom is 0.357 e. The largest absolute Gasteiger partial charge is 0.497 e. The highest BCUT2D eigenvalue weighted by Gasteiger charge is 2.31. The molecule has 0 bridgehead atoms. The Labute approximate surface area is 239 Å². The first kappa shape index (κ1) is 29.2. The smallest absolute Gasteiger partial charge is 0.357 e. The molecule has 0 saturated carbocycles. The van der Waals surface area contributed by atoms with Crippen LogP contribution >= 0.6 is 15.2 Å². The van der Waals surface area contributed by atoms with Crippen molar-refractivity contribution in [2.45, 2.75) is 6.54 Å². The van der Waals surface area contributed by atoms with E-state index in [-0.39, 0.29) is 23.5 Å². The molecule has 0 fully saturated rings. The predicted molar refractivity (Wildman–Crippen MR) is 156 cm³/mol. The van der Waals surface area contributed by atoms with E-state index in [0.717, 1.165) is 23.3 Å². The minimum absolute atomic E-state index is 0.159. The number of nitrogens with one attached hydrogen (secondary N) is 1. The summed E-state index contributed by atoms with van der Waals surface area (Å²) < 4.78 is 30.7. The molecule has 0 aliphatic heterocycles. The summed E-state index contributed by atoms with van der Waals surface area (Å²) in [7, 11) is -8.38. The number of nitrogen functional groups attached to an aromatic ring is 1. The molecule has 0 spiro atoms. The lowest BCUT2D eigenvalue weighted by molar-refractivity contribution is 0.0950. The molecule has 13 nitrogen and oxygen atoms in total. The first-order valence-electron chi connectivity index (χ1n) is 12.3. The Morgan fingerprint density at radius 3 is 2.40 bits per heavy atom. The Bertz CT molecular complexity index is 1930. The van der Waals surface area contributed by atoms with Crippen molar-refractivity contribution in [3.05, 3.63) is 90.4 Å². The third-order valence-electron chi connectivity index (χ3n) is 6.50. The van der Waals surface area contributed by atoms with Gasteiger partial charge in [-0.3, -0.25) is 13.9 Å². The lowest BCUT2D eigenvalue weighted by atomic mass is 10.1. The van der Waals surface area contributed by atoms with Crippen LogP contribution in [0, 0.1) is 0 Å². The van der Waals surface area contributed by atoms with Gasteiger partial charge in [0.15, 0.2) is 5.65 Å². The van der Waals surface area contributed by atoms with Crippen LogP contribution in [0.2, 0.25) is 0 Å². The monoisotopic (exact) mass is 609 g/mol. The highest BCUT2D eigenvalue weighted by atomic mass is 31.2. The van der Waals surface area contributed by atoms with Crippen LogP contribution in [0.3, 0.4) is 0 Å². The second kappa shape index (κ2) is 11.1. The van der Waals surface area contributed by atoms with Gasteiger partial charge in [-0.25, -0.2) is 9.97 Å². The number of fused-ring (bicyclic) bond motifs is 1. The van der Waals surface area contributed by atoms with Gasteiger partial charge in [0.2, 0.25) is 0 Å². The van der Waals surface area contributed by atoms with Gasteiger partial charge in [0.05, 0.1) is 23.1 Å². The third-order valence-corrected chi connectivity index (χ3v) is 8.69. The van der Waals surface area contributed by atoms with E-state index in [9.17, 15) is 33.5 Å². The Hall–Kier alpha value is -4.35. The Balaban J connectivity index is 1.46. The number of hydrogen-bond donors (Lipinski definition) is 6. The van der Waals surface area contributed by atoms with Gasteiger partial charge in [0.25, 0.3) is 5.91 Å². The number of hydrogen-bond acceptors (Lipinski definition) is 7. The van der Waals surface area contributed by atoms with Gasteiger partial charge in [-0.2, -0.15) is 0 Å². The molecule has 7 N–H and O–H groups in total. The van der Waals surface area contributed by atoms with Crippen LogP contribution < -0.4 is 26.4 Å². The summed E-state index contributed by atoms with van der Waals surface area (Å²) in [6.45, 7) is -0.159. The number of benzene rings is 3. The Morgan fingerprint density at radius 2 is 1.69 bits per heavy atom. The van der Waals surface area contributed by atoms with E-state index in [1.54, 1.807) is 35.9 Å². The summed E-state index contributed by atoms with van der Waals surface area (Å²) in [6.07, 6.45) is 3.19. The first-order valence-corrected chi connectivity index (χ1v) is 15.5. The lowest BCUT2D eigenvalue weighted by Gasteiger charge is -2.14. The number of carbonyl (C=O) groups is 1. The average Bonchev–Trinajstić information content (AvgIpc) is 3.36. The quantitative estimate of drug-likeness (QED) is 0.140. The summed E-state index contributed by atoms with van der Waals surface area (Å²) in [5, 5.41) is 1.73. The van der Waals surface area contributed by atoms with Gasteiger partial charge in [-0.15, -0.1) is 0 Å². The summed E-state index contributed by atoms with van der Waals surface area (Å²) >= 11 is 0. The number of anilines is 1. The standard InChI is InChI=1S/C27H25N5O8P2/c1-40-20-7-3-4-17(12-20)21-14-32(26-24(21)25(28)30-15-31-26)19-6-2-5-18(11-19)27(33)29-13-16-8-9-22(41(34,35)36)23(10-16)42(37,38)39/h2-12,14-15H,13H2,1H3,(H,29,33)(H2,28,30,31)(H2,34,35,36)(H2,37,38,39). The fraction of sp³-hybridized carbons (Fsp3) is 0.0741. The molecule has 1 amide bonds. The Kier molecular flexibility index (Phi) is 7.74. The van der Waals surface area contributed by atoms with Crippen molar-refractivity contribution in [1.29, 1.82) is 0 Å². The molecular weight excluding hydrogens is 584 g/mol. The molecule has 3 aromatic carbocycles. The zero-order valence-electron chi connectivity index (χ0n) is 21.9. The molecule has 2 heterocycles. The molecule has 42 heavy (non-hydrogen) atoms. The molecule has 5 aromatic rings. The lowest BCUT2D eigenvalue weighted by Crippen LogP contribution is -2.28. The van der Waals surface area contributed by atoms with Crippen LogP contribution in [0.25, 0.3) is 27.8 Å². The number of nitrogens with zero attached hydrogens (tertiary/aromatic N) is 3. The third kappa shape index (κ3) is 5.83. The number of amides is 1. The molecule has 0 aliphatic carbocycles. The van der Waals surface area contributed by atoms with Crippen LogP contribution in [0.5, 0.6) is 5.75 Å². The Morgan fingerprint density at radius 1 is 0.952 bits per heavy atom. The number of aromatic nitrogens is 3. The normalized spacial score (nSPS) is 11.9. The minimum atomic E-state index is -5.01. The van der Waals surface area contributed by atoms with Crippen LogP contribution in [0.1, 0.15) is 15.9 Å². The first-order chi connectivity index (χ1) is 19.9. The number of rotatable bonds is 8. The zero-order valence-corrected chi connectivity index (χ0v) is 23.7. The fourth-order valence-electron chi connectivity index (χ4n) is 4.53. The van der Waals surface area contributed by atoms with E-state index in [1.165, 1.54) is 12.4 Å². The molecule has 2 aromatic heterocycles. The molecule has 5 rings (SSSR count). The van der Waals surface area contributed by atoms with Crippen molar-refractivity contribution in [1.82, 2.24) is 19.9 Å². The van der Waals surface area contributed by atoms with Crippen molar-refractivity contribution in [3.63, 3.8) is 0 Å². The van der Waals surface area contributed by atoms with Gasteiger partial charge in [-0.05, 0) is 53.6 Å². The SMILES string of the molecule is COc1cccc(-c2cn(-c3cccc(C(=O)NCc4ccc(P(=O)(O)O)c(P(=O)(O)O)c4)c3)c3ncnc(N)c23)c1. The van der Waals surface area contributed by atoms with Crippen LogP contribution in [0.4, 0.5) is 5.82 Å². The van der Waals surface area contributed by atoms with Crippen LogP contribution in [-0.4, -0.2) is 47.1 Å². The molecule has 216 valence electrons. The maximum absolute atomic E-state index is 13.1. The highest BCUT2D eigenvalue weighted by molar-refractivity contribution is 7.67. The molecule has 0 aliphatic rings. The highest BCUT2D eigenvalue weighted by Crippen LogP contribution is 2.40. The summed E-state index contributed by atoms with van der Waals surface area (Å²) in [5.74, 6) is 0.448. The average molecular weight is 609 g/mol. The molecule has 0 saturated heterocycles. The molecule has 0 radical (unpaired) electrons. The topological polar surface area (TPSA) is 210 Å². The van der Waals surface area contributed by atoms with Crippen LogP contribution in [-0.2, 0) is 15.7 Å². The second-order valence-electron chi connectivity index (χ2n) is 9.25. The summed E-state index contributed by atoms with van der Waals surface area (Å²) in [5.41, 5.74) is 9.48. The van der Waals surface area contributed by atoms with Crippen LogP contribution in [0.15, 0.2) is 79.3 Å². The van der Waals surface area contributed by atoms with Gasteiger partial charge in [-0.1, -0.05) is 24.3 Å². The van der Waals surface area contributed by atoms with Crippen molar-refractivity contribution < 1.29 is 38.2 Å². The molecule has 0 atom stereocenters. The predicted octanol–water partition coefficient (Wildman–Crippen LogP) is 2.21. The van der Waals surface area contributed by atoms with Gasteiger partial charge in [0, 0.05) is 29.6 Å². The number of ether oxygens (including phenoxy) is 1. The molecular formula is C27H25N5O8P2. The fourth-order valence-corrected chi connectivity index (χ4v) is 6.65. The van der Waals surface area contributed by atoms with E-state index in [0.29, 0.717) is 22.5 Å². The summed E-state index contributed by atoms with van der Waals surface area (Å²) in [4.78, 5) is 59.8. The number of methoxy groups -OCH3 is 1. The number of carbonyl (C=O) groups excluding carboxylic acids is 1. The minimum Gasteiger partial charge on any atom is -0.497 e. The van der Waals surface area contributed by atoms with E-state index in [4.69, 9.17) is 10.5 Å². The van der Waals surface area contributed by atoms with Crippen molar-refractivity contribution in [3.8, 4) is 22.6 Å². The summed E-state index contributed by atoms with van der Waals surface area (Å²) in [6, 6.07) is 17.3. The van der Waals surface area contributed by atoms with Crippen molar-refractivity contribution >= 4 is 48.6 Å². The van der Waals surface area contributed by atoms with Gasteiger partial charge < -0.3 is 39.9 Å².